The smallest absolute Gasteiger partial charge is 0.248 e. The number of hydrogen-bond donors (Lipinski definition) is 2. The number of nitrogens with one attached hydrogen (secondary N) is 2. The summed E-state index contributed by atoms with van der Waals surface area (Å²) in [5.41, 5.74) is 1.19. The van der Waals surface area contributed by atoms with E-state index in [1.54, 1.807) is 7.11 Å². The molecule has 1 saturated heterocycles. The Kier molecular flexibility index (Phi) is 11.9. The van der Waals surface area contributed by atoms with Gasteiger partial charge in [-0.3, -0.25) is 4.90 Å². The van der Waals surface area contributed by atoms with Gasteiger partial charge in [0.25, 0.3) is 0 Å². The maximum atomic E-state index is 5.65. The standard InChI is InChI=1S/C23H36N6O3.HI/c1-5-24-23(26-16-21-27-22(28-32-21)17(3)31-6-2)25-15-19(29-13-9-10-14-29)18-11-7-8-12-20(18)30-4;/h7-8,11-12,17,19H,5-6,9-10,13-16H2,1-4H3,(H2,24,25,26);1H. The Morgan fingerprint density at radius 3 is 2.67 bits per heavy atom. The predicted molar refractivity (Wildman–Crippen MR) is 139 cm³/mol. The first-order valence-electron chi connectivity index (χ1n) is 11.5. The van der Waals surface area contributed by atoms with Crippen molar-refractivity contribution in [3.63, 3.8) is 0 Å². The number of benzene rings is 1. The van der Waals surface area contributed by atoms with Crippen molar-refractivity contribution in [2.24, 2.45) is 4.99 Å². The van der Waals surface area contributed by atoms with E-state index >= 15 is 0 Å². The molecule has 1 aliphatic heterocycles. The number of likely N-dealkylation sites (tertiary alicyclic amines) is 1. The summed E-state index contributed by atoms with van der Waals surface area (Å²) < 4.78 is 16.5. The first-order valence-corrected chi connectivity index (χ1v) is 11.5. The number of halogens is 1. The van der Waals surface area contributed by atoms with Crippen LogP contribution in [0, 0.1) is 0 Å². The molecule has 2 N–H and O–H groups in total. The van der Waals surface area contributed by atoms with E-state index in [0.717, 1.165) is 25.4 Å². The Hall–Kier alpha value is -1.92. The van der Waals surface area contributed by atoms with Crippen molar-refractivity contribution in [3.8, 4) is 5.75 Å². The molecule has 2 unspecified atom stereocenters. The first-order chi connectivity index (χ1) is 15.7. The quantitative estimate of drug-likeness (QED) is 0.239. The van der Waals surface area contributed by atoms with Crippen molar-refractivity contribution in [1.82, 2.24) is 25.7 Å². The van der Waals surface area contributed by atoms with E-state index in [1.807, 2.05) is 32.9 Å². The lowest BCUT2D eigenvalue weighted by Gasteiger charge is -2.30. The number of nitrogens with zero attached hydrogens (tertiary/aromatic N) is 4. The van der Waals surface area contributed by atoms with E-state index in [1.165, 1.54) is 18.4 Å². The molecule has 0 radical (unpaired) electrons. The Morgan fingerprint density at radius 2 is 1.97 bits per heavy atom. The molecule has 1 aromatic heterocycles. The molecular formula is C23H37IN6O3. The van der Waals surface area contributed by atoms with Crippen LogP contribution >= 0.6 is 24.0 Å². The zero-order chi connectivity index (χ0) is 22.8. The third kappa shape index (κ3) is 7.82. The molecule has 0 spiro atoms. The Morgan fingerprint density at radius 1 is 1.21 bits per heavy atom. The van der Waals surface area contributed by atoms with Gasteiger partial charge in [0, 0.05) is 25.3 Å². The fraction of sp³-hybridized carbons (Fsp3) is 0.609. The minimum absolute atomic E-state index is 0. The normalized spacial score (nSPS) is 16.2. The number of ether oxygens (including phenoxy) is 2. The fourth-order valence-corrected chi connectivity index (χ4v) is 3.93. The number of guanidine groups is 1. The topological polar surface area (TPSA) is 97.0 Å². The first kappa shape index (κ1) is 27.3. The average Bonchev–Trinajstić information content (AvgIpc) is 3.50. The number of rotatable bonds is 11. The number of aromatic nitrogens is 2. The second-order valence-electron chi connectivity index (χ2n) is 7.72. The molecule has 0 aliphatic carbocycles. The van der Waals surface area contributed by atoms with Crippen LogP contribution in [0.15, 0.2) is 33.8 Å². The van der Waals surface area contributed by atoms with Crippen LogP contribution < -0.4 is 15.4 Å². The summed E-state index contributed by atoms with van der Waals surface area (Å²) in [5.74, 6) is 2.63. The second kappa shape index (κ2) is 14.4. The SMILES string of the molecule is CCNC(=NCc1nc(C(C)OCC)no1)NCC(c1ccccc1OC)N1CCCC1.I. The van der Waals surface area contributed by atoms with Crippen molar-refractivity contribution < 1.29 is 14.0 Å². The van der Waals surface area contributed by atoms with Crippen LogP contribution in [0.25, 0.3) is 0 Å². The Balaban J connectivity index is 0.00000385. The van der Waals surface area contributed by atoms with E-state index in [-0.39, 0.29) is 36.1 Å². The van der Waals surface area contributed by atoms with Crippen molar-refractivity contribution in [3.05, 3.63) is 41.5 Å². The summed E-state index contributed by atoms with van der Waals surface area (Å²) in [5, 5.41) is 10.8. The molecule has 1 fully saturated rings. The van der Waals surface area contributed by atoms with E-state index in [9.17, 15) is 0 Å². The van der Waals surface area contributed by atoms with Gasteiger partial charge in [0.05, 0.1) is 13.2 Å². The number of para-hydroxylation sites is 1. The van der Waals surface area contributed by atoms with Crippen LogP contribution in [0.3, 0.4) is 0 Å². The van der Waals surface area contributed by atoms with Crippen LogP contribution in [0.1, 0.15) is 63.0 Å². The zero-order valence-electron chi connectivity index (χ0n) is 20.0. The van der Waals surface area contributed by atoms with Gasteiger partial charge in [0.15, 0.2) is 11.8 Å². The van der Waals surface area contributed by atoms with Crippen LogP contribution in [-0.2, 0) is 11.3 Å². The minimum Gasteiger partial charge on any atom is -0.496 e. The predicted octanol–water partition coefficient (Wildman–Crippen LogP) is 3.69. The van der Waals surface area contributed by atoms with Gasteiger partial charge < -0.3 is 24.6 Å². The summed E-state index contributed by atoms with van der Waals surface area (Å²) in [7, 11) is 1.73. The van der Waals surface area contributed by atoms with Gasteiger partial charge in [-0.25, -0.2) is 4.99 Å². The lowest BCUT2D eigenvalue weighted by molar-refractivity contribution is 0.0683. The van der Waals surface area contributed by atoms with Gasteiger partial charge in [-0.05, 0) is 52.8 Å². The van der Waals surface area contributed by atoms with Crippen molar-refractivity contribution in [1.29, 1.82) is 0 Å². The van der Waals surface area contributed by atoms with Gasteiger partial charge in [-0.2, -0.15) is 4.98 Å². The molecule has 3 rings (SSSR count). The van der Waals surface area contributed by atoms with Gasteiger partial charge in [0.2, 0.25) is 5.89 Å². The maximum Gasteiger partial charge on any atom is 0.248 e. The second-order valence-corrected chi connectivity index (χ2v) is 7.72. The summed E-state index contributed by atoms with van der Waals surface area (Å²) in [4.78, 5) is 11.6. The van der Waals surface area contributed by atoms with E-state index in [0.29, 0.717) is 37.4 Å². The monoisotopic (exact) mass is 572 g/mol. The molecular weight excluding hydrogens is 535 g/mol. The molecule has 2 atom stereocenters. The molecule has 0 saturated carbocycles. The third-order valence-electron chi connectivity index (χ3n) is 5.52. The highest BCUT2D eigenvalue weighted by molar-refractivity contribution is 14.0. The molecule has 0 amide bonds. The average molecular weight is 572 g/mol. The van der Waals surface area contributed by atoms with Crippen molar-refractivity contribution in [2.45, 2.75) is 52.3 Å². The minimum atomic E-state index is -0.199. The highest BCUT2D eigenvalue weighted by Crippen LogP contribution is 2.31. The zero-order valence-corrected chi connectivity index (χ0v) is 22.4. The Bertz CT molecular complexity index is 856. The van der Waals surface area contributed by atoms with Gasteiger partial charge in [-0.15, -0.1) is 24.0 Å². The maximum absolute atomic E-state index is 5.65. The van der Waals surface area contributed by atoms with Gasteiger partial charge >= 0.3 is 0 Å². The van der Waals surface area contributed by atoms with Crippen LogP contribution in [0.4, 0.5) is 0 Å². The van der Waals surface area contributed by atoms with E-state index in [4.69, 9.17) is 14.0 Å². The molecule has 10 heteroatoms. The highest BCUT2D eigenvalue weighted by atomic mass is 127. The fourth-order valence-electron chi connectivity index (χ4n) is 3.93. The lowest BCUT2D eigenvalue weighted by Crippen LogP contribution is -2.42. The van der Waals surface area contributed by atoms with E-state index < -0.39 is 0 Å². The number of aliphatic imine (C=N–C) groups is 1. The lowest BCUT2D eigenvalue weighted by atomic mass is 10.0. The molecule has 2 aromatic rings. The molecule has 0 bridgehead atoms. The van der Waals surface area contributed by atoms with Crippen molar-refractivity contribution in [2.75, 3.05) is 39.9 Å². The highest BCUT2D eigenvalue weighted by Gasteiger charge is 2.26. The van der Waals surface area contributed by atoms with Crippen LogP contribution in [-0.4, -0.2) is 60.9 Å². The molecule has 184 valence electrons. The molecule has 33 heavy (non-hydrogen) atoms. The third-order valence-corrected chi connectivity index (χ3v) is 5.52. The summed E-state index contributed by atoms with van der Waals surface area (Å²) in [6.45, 7) is 10.4. The summed E-state index contributed by atoms with van der Waals surface area (Å²) >= 11 is 0. The van der Waals surface area contributed by atoms with E-state index in [2.05, 4.69) is 42.8 Å². The number of hydrogen-bond acceptors (Lipinski definition) is 7. The van der Waals surface area contributed by atoms with Crippen LogP contribution in [0.2, 0.25) is 0 Å². The van der Waals surface area contributed by atoms with Crippen LogP contribution in [0.5, 0.6) is 5.75 Å². The summed E-state index contributed by atoms with van der Waals surface area (Å²) in [6, 6.07) is 8.44. The number of methoxy groups -OCH3 is 1. The van der Waals surface area contributed by atoms with Gasteiger partial charge in [-0.1, -0.05) is 23.4 Å². The molecule has 9 nitrogen and oxygen atoms in total. The van der Waals surface area contributed by atoms with Gasteiger partial charge in [0.1, 0.15) is 18.4 Å². The van der Waals surface area contributed by atoms with Crippen molar-refractivity contribution >= 4 is 29.9 Å². The molecule has 2 heterocycles. The Labute approximate surface area is 213 Å². The summed E-state index contributed by atoms with van der Waals surface area (Å²) in [6.07, 6.45) is 2.24. The molecule has 1 aromatic carbocycles. The largest absolute Gasteiger partial charge is 0.496 e. The molecule has 1 aliphatic rings.